The quantitative estimate of drug-likeness (QED) is 0.829. The largest absolute Gasteiger partial charge is 0.317 e. The lowest BCUT2D eigenvalue weighted by molar-refractivity contribution is 0.0350. The van der Waals surface area contributed by atoms with E-state index in [2.05, 4.69) is 38.0 Å². The molecule has 0 aromatic heterocycles. The third kappa shape index (κ3) is 3.08. The number of nitrogens with one attached hydrogen (secondary N) is 1. The Balaban J connectivity index is 1.93. The molecule has 2 rings (SSSR count). The van der Waals surface area contributed by atoms with E-state index in [4.69, 9.17) is 0 Å². The summed E-state index contributed by atoms with van der Waals surface area (Å²) in [5.41, 5.74) is 0.596. The Morgan fingerprint density at radius 2 is 1.83 bits per heavy atom. The summed E-state index contributed by atoms with van der Waals surface area (Å²) in [6.07, 6.45) is 8.57. The van der Waals surface area contributed by atoms with Gasteiger partial charge in [0, 0.05) is 18.6 Å². The molecule has 1 saturated heterocycles. The fourth-order valence-electron chi connectivity index (χ4n) is 4.12. The van der Waals surface area contributed by atoms with Crippen LogP contribution >= 0.6 is 0 Å². The SMILES string of the molecule is CNC1CCN(CC2(C)CCCCC2)C(C)C1C. The first-order chi connectivity index (χ1) is 8.56. The molecule has 1 saturated carbocycles. The summed E-state index contributed by atoms with van der Waals surface area (Å²) in [7, 11) is 2.12. The predicted molar refractivity (Wildman–Crippen MR) is 78.9 cm³/mol. The molecule has 2 aliphatic rings. The van der Waals surface area contributed by atoms with Crippen molar-refractivity contribution < 1.29 is 0 Å². The molecule has 2 nitrogen and oxygen atoms in total. The number of hydrogen-bond acceptors (Lipinski definition) is 2. The molecule has 0 spiro atoms. The van der Waals surface area contributed by atoms with Gasteiger partial charge in [-0.05, 0) is 51.1 Å². The summed E-state index contributed by atoms with van der Waals surface area (Å²) in [5.74, 6) is 0.774. The first kappa shape index (κ1) is 14.3. The standard InChI is InChI=1S/C16H32N2/c1-13-14(2)18(11-8-15(13)17-4)12-16(3)9-6-5-7-10-16/h13-15,17H,5-12H2,1-4H3. The molecular formula is C16H32N2. The number of nitrogens with zero attached hydrogens (tertiary/aromatic N) is 1. The van der Waals surface area contributed by atoms with Crippen molar-refractivity contribution in [2.75, 3.05) is 20.1 Å². The van der Waals surface area contributed by atoms with Crippen LogP contribution < -0.4 is 5.32 Å². The highest BCUT2D eigenvalue weighted by Crippen LogP contribution is 2.38. The molecule has 1 aliphatic carbocycles. The zero-order valence-electron chi connectivity index (χ0n) is 12.8. The van der Waals surface area contributed by atoms with Crippen molar-refractivity contribution in [3.63, 3.8) is 0 Å². The average Bonchev–Trinajstić information content (AvgIpc) is 2.36. The van der Waals surface area contributed by atoms with E-state index in [9.17, 15) is 0 Å². The van der Waals surface area contributed by atoms with Crippen molar-refractivity contribution in [1.29, 1.82) is 0 Å². The van der Waals surface area contributed by atoms with E-state index in [1.165, 1.54) is 51.6 Å². The lowest BCUT2D eigenvalue weighted by Gasteiger charge is -2.47. The zero-order valence-corrected chi connectivity index (χ0v) is 12.8. The summed E-state index contributed by atoms with van der Waals surface area (Å²) < 4.78 is 0. The van der Waals surface area contributed by atoms with E-state index in [1.54, 1.807) is 0 Å². The Morgan fingerprint density at radius 1 is 1.17 bits per heavy atom. The lowest BCUT2D eigenvalue weighted by Crippen LogP contribution is -2.55. The van der Waals surface area contributed by atoms with Gasteiger partial charge in [0.1, 0.15) is 0 Å². The van der Waals surface area contributed by atoms with Crippen LogP contribution in [0.2, 0.25) is 0 Å². The molecule has 3 atom stereocenters. The summed E-state index contributed by atoms with van der Waals surface area (Å²) in [4.78, 5) is 2.77. The van der Waals surface area contributed by atoms with Crippen molar-refractivity contribution in [2.45, 2.75) is 71.4 Å². The number of piperidine rings is 1. The minimum absolute atomic E-state index is 0.596. The van der Waals surface area contributed by atoms with Gasteiger partial charge in [-0.2, -0.15) is 0 Å². The Kier molecular flexibility index (Phi) is 4.71. The molecular weight excluding hydrogens is 220 g/mol. The van der Waals surface area contributed by atoms with Gasteiger partial charge in [0.15, 0.2) is 0 Å². The van der Waals surface area contributed by atoms with Crippen molar-refractivity contribution >= 4 is 0 Å². The smallest absolute Gasteiger partial charge is 0.0117 e. The van der Waals surface area contributed by atoms with Crippen LogP contribution in [-0.4, -0.2) is 37.1 Å². The molecule has 0 aromatic carbocycles. The van der Waals surface area contributed by atoms with Crippen LogP contribution in [0, 0.1) is 11.3 Å². The van der Waals surface area contributed by atoms with Crippen LogP contribution in [0.15, 0.2) is 0 Å². The van der Waals surface area contributed by atoms with Gasteiger partial charge in [-0.3, -0.25) is 4.90 Å². The van der Waals surface area contributed by atoms with E-state index in [0.29, 0.717) is 5.41 Å². The summed E-state index contributed by atoms with van der Waals surface area (Å²) in [6, 6.07) is 1.45. The van der Waals surface area contributed by atoms with Gasteiger partial charge in [0.05, 0.1) is 0 Å². The van der Waals surface area contributed by atoms with E-state index in [0.717, 1.165) is 18.0 Å². The van der Waals surface area contributed by atoms with Gasteiger partial charge < -0.3 is 5.32 Å². The first-order valence-corrected chi connectivity index (χ1v) is 7.97. The average molecular weight is 252 g/mol. The maximum absolute atomic E-state index is 3.49. The Morgan fingerprint density at radius 3 is 2.44 bits per heavy atom. The van der Waals surface area contributed by atoms with Crippen LogP contribution in [-0.2, 0) is 0 Å². The molecule has 0 aromatic rings. The van der Waals surface area contributed by atoms with Crippen LogP contribution in [0.5, 0.6) is 0 Å². The maximum Gasteiger partial charge on any atom is 0.0117 e. The molecule has 0 radical (unpaired) electrons. The Bertz CT molecular complexity index is 258. The molecule has 0 bridgehead atoms. The minimum Gasteiger partial charge on any atom is -0.317 e. The highest BCUT2D eigenvalue weighted by Gasteiger charge is 2.36. The van der Waals surface area contributed by atoms with E-state index < -0.39 is 0 Å². The monoisotopic (exact) mass is 252 g/mol. The summed E-state index contributed by atoms with van der Waals surface area (Å²) in [5, 5.41) is 3.49. The van der Waals surface area contributed by atoms with Gasteiger partial charge >= 0.3 is 0 Å². The maximum atomic E-state index is 3.49. The second-order valence-corrected chi connectivity index (χ2v) is 7.13. The van der Waals surface area contributed by atoms with Crippen molar-refractivity contribution in [2.24, 2.45) is 11.3 Å². The fraction of sp³-hybridized carbons (Fsp3) is 1.00. The number of rotatable bonds is 3. The Labute approximate surface area is 114 Å². The van der Waals surface area contributed by atoms with Crippen molar-refractivity contribution in [1.82, 2.24) is 10.2 Å². The van der Waals surface area contributed by atoms with E-state index in [1.807, 2.05) is 0 Å². The van der Waals surface area contributed by atoms with Crippen molar-refractivity contribution in [3.8, 4) is 0 Å². The van der Waals surface area contributed by atoms with Gasteiger partial charge in [-0.15, -0.1) is 0 Å². The van der Waals surface area contributed by atoms with Crippen LogP contribution in [0.3, 0.4) is 0 Å². The second kappa shape index (κ2) is 5.92. The lowest BCUT2D eigenvalue weighted by atomic mass is 9.74. The molecule has 1 N–H and O–H groups in total. The highest BCUT2D eigenvalue weighted by molar-refractivity contribution is 4.91. The van der Waals surface area contributed by atoms with Gasteiger partial charge in [0.2, 0.25) is 0 Å². The van der Waals surface area contributed by atoms with Gasteiger partial charge in [0.25, 0.3) is 0 Å². The highest BCUT2D eigenvalue weighted by atomic mass is 15.2. The topological polar surface area (TPSA) is 15.3 Å². The molecule has 2 heteroatoms. The van der Waals surface area contributed by atoms with E-state index in [-0.39, 0.29) is 0 Å². The minimum atomic E-state index is 0.596. The molecule has 106 valence electrons. The molecule has 0 amide bonds. The first-order valence-electron chi connectivity index (χ1n) is 7.97. The molecule has 1 aliphatic heterocycles. The van der Waals surface area contributed by atoms with Crippen molar-refractivity contribution in [3.05, 3.63) is 0 Å². The Hall–Kier alpha value is -0.0800. The molecule has 18 heavy (non-hydrogen) atoms. The van der Waals surface area contributed by atoms with Gasteiger partial charge in [-0.25, -0.2) is 0 Å². The zero-order chi connectivity index (χ0) is 13.2. The third-order valence-electron chi connectivity index (χ3n) is 5.72. The normalized spacial score (nSPS) is 37.7. The number of likely N-dealkylation sites (tertiary alicyclic amines) is 1. The number of hydrogen-bond donors (Lipinski definition) is 1. The summed E-state index contributed by atoms with van der Waals surface area (Å²) >= 11 is 0. The molecule has 2 fully saturated rings. The van der Waals surface area contributed by atoms with Crippen LogP contribution in [0.1, 0.15) is 59.3 Å². The predicted octanol–water partition coefficient (Wildman–Crippen LogP) is 3.28. The molecule has 3 unspecified atom stereocenters. The molecule has 1 heterocycles. The van der Waals surface area contributed by atoms with Gasteiger partial charge in [-0.1, -0.05) is 33.1 Å². The third-order valence-corrected chi connectivity index (χ3v) is 5.72. The van der Waals surface area contributed by atoms with Crippen LogP contribution in [0.25, 0.3) is 0 Å². The fourth-order valence-corrected chi connectivity index (χ4v) is 4.12. The second-order valence-electron chi connectivity index (χ2n) is 7.13. The summed E-state index contributed by atoms with van der Waals surface area (Å²) in [6.45, 7) is 9.98. The van der Waals surface area contributed by atoms with Crippen LogP contribution in [0.4, 0.5) is 0 Å². The van der Waals surface area contributed by atoms with E-state index >= 15 is 0 Å².